The van der Waals surface area contributed by atoms with E-state index >= 15 is 0 Å². The van der Waals surface area contributed by atoms with Crippen LogP contribution < -0.4 is 5.32 Å². The van der Waals surface area contributed by atoms with Gasteiger partial charge in [-0.25, -0.2) is 0 Å². The molecule has 0 spiro atoms. The third-order valence-corrected chi connectivity index (χ3v) is 3.29. The third kappa shape index (κ3) is 2.97. The molecule has 0 aliphatic rings. The molecule has 1 aromatic heterocycles. The van der Waals surface area contributed by atoms with E-state index in [-0.39, 0.29) is 12.6 Å². The Hall–Kier alpha value is -0.580. The van der Waals surface area contributed by atoms with Crippen LogP contribution in [0.1, 0.15) is 25.1 Å². The summed E-state index contributed by atoms with van der Waals surface area (Å²) in [5.74, 6) is 0.390. The van der Waals surface area contributed by atoms with E-state index in [4.69, 9.17) is 11.6 Å². The number of aliphatic hydroxyl groups is 1. The molecule has 1 rings (SSSR count). The van der Waals surface area contributed by atoms with Crippen LogP contribution in [0, 0.1) is 12.8 Å². The van der Waals surface area contributed by atoms with Crippen molar-refractivity contribution in [2.45, 2.75) is 33.4 Å². The maximum Gasteiger partial charge on any atom is 0.131 e. The Labute approximate surface area is 102 Å². The molecule has 0 aromatic carbocycles. The normalized spacial score (nSPS) is 13.4. The summed E-state index contributed by atoms with van der Waals surface area (Å²) in [6.45, 7) is 6.86. The van der Waals surface area contributed by atoms with Crippen molar-refractivity contribution in [1.82, 2.24) is 15.1 Å². The van der Waals surface area contributed by atoms with Crippen molar-refractivity contribution in [3.05, 3.63) is 16.4 Å². The highest BCUT2D eigenvalue weighted by Gasteiger charge is 2.15. The Morgan fingerprint density at radius 1 is 1.50 bits per heavy atom. The lowest BCUT2D eigenvalue weighted by Gasteiger charge is -2.19. The van der Waals surface area contributed by atoms with E-state index in [1.807, 2.05) is 14.0 Å². The fraction of sp³-hybridized carbons (Fsp3) is 0.727. The summed E-state index contributed by atoms with van der Waals surface area (Å²) in [6.07, 6.45) is 0. The van der Waals surface area contributed by atoms with Gasteiger partial charge in [0.25, 0.3) is 0 Å². The first-order chi connectivity index (χ1) is 7.47. The predicted molar refractivity (Wildman–Crippen MR) is 65.5 cm³/mol. The molecule has 5 heteroatoms. The third-order valence-electron chi connectivity index (χ3n) is 2.81. The number of halogens is 1. The summed E-state index contributed by atoms with van der Waals surface area (Å²) < 4.78 is 1.66. The highest BCUT2D eigenvalue weighted by atomic mass is 35.5. The number of hydrogen-bond donors (Lipinski definition) is 2. The summed E-state index contributed by atoms with van der Waals surface area (Å²) in [7, 11) is 1.82. The molecule has 0 amide bonds. The minimum atomic E-state index is 0.0932. The van der Waals surface area contributed by atoms with E-state index in [0.29, 0.717) is 17.6 Å². The summed E-state index contributed by atoms with van der Waals surface area (Å²) in [5, 5.41) is 17.4. The lowest BCUT2D eigenvalue weighted by Crippen LogP contribution is -2.36. The van der Waals surface area contributed by atoms with Gasteiger partial charge in [-0.05, 0) is 12.8 Å². The summed E-state index contributed by atoms with van der Waals surface area (Å²) in [4.78, 5) is 0. The van der Waals surface area contributed by atoms with Crippen LogP contribution in [0.5, 0.6) is 0 Å². The molecule has 1 aromatic rings. The Bertz CT molecular complexity index is 349. The predicted octanol–water partition coefficient (Wildman–Crippen LogP) is 1.49. The van der Waals surface area contributed by atoms with Crippen LogP contribution in [0.15, 0.2) is 0 Å². The minimum absolute atomic E-state index is 0.0932. The SMILES string of the molecule is Cc1nn(C)c(Cl)c1CNC(CO)C(C)C. The maximum atomic E-state index is 9.20. The van der Waals surface area contributed by atoms with Gasteiger partial charge < -0.3 is 10.4 Å². The zero-order valence-corrected chi connectivity index (χ0v) is 11.0. The van der Waals surface area contributed by atoms with Crippen LogP contribution in [0.25, 0.3) is 0 Å². The zero-order valence-electron chi connectivity index (χ0n) is 10.3. The molecule has 0 aliphatic heterocycles. The first-order valence-corrected chi connectivity index (χ1v) is 5.87. The average Bonchev–Trinajstić information content (AvgIpc) is 2.44. The van der Waals surface area contributed by atoms with Crippen LogP contribution in [0.3, 0.4) is 0 Å². The van der Waals surface area contributed by atoms with Gasteiger partial charge in [-0.15, -0.1) is 0 Å². The molecule has 0 saturated carbocycles. The van der Waals surface area contributed by atoms with Gasteiger partial charge in [0.1, 0.15) is 5.15 Å². The van der Waals surface area contributed by atoms with Crippen LogP contribution in [-0.4, -0.2) is 27.5 Å². The number of aliphatic hydroxyl groups excluding tert-OH is 1. The summed E-state index contributed by atoms with van der Waals surface area (Å²) in [6, 6.07) is 0.0932. The van der Waals surface area contributed by atoms with Gasteiger partial charge in [-0.2, -0.15) is 5.10 Å². The van der Waals surface area contributed by atoms with Gasteiger partial charge in [0.05, 0.1) is 12.3 Å². The first kappa shape index (κ1) is 13.5. The van der Waals surface area contributed by atoms with Crippen molar-refractivity contribution in [3.8, 4) is 0 Å². The number of nitrogens with one attached hydrogen (secondary N) is 1. The largest absolute Gasteiger partial charge is 0.395 e. The van der Waals surface area contributed by atoms with Gasteiger partial charge >= 0.3 is 0 Å². The minimum Gasteiger partial charge on any atom is -0.395 e. The Kier molecular flexibility index (Phi) is 4.77. The zero-order chi connectivity index (χ0) is 12.3. The topological polar surface area (TPSA) is 50.1 Å². The quantitative estimate of drug-likeness (QED) is 0.827. The second-order valence-corrected chi connectivity index (χ2v) is 4.75. The number of nitrogens with zero attached hydrogens (tertiary/aromatic N) is 2. The Morgan fingerprint density at radius 2 is 2.12 bits per heavy atom. The van der Waals surface area contributed by atoms with Crippen molar-refractivity contribution in [2.24, 2.45) is 13.0 Å². The van der Waals surface area contributed by atoms with E-state index in [1.54, 1.807) is 4.68 Å². The fourth-order valence-corrected chi connectivity index (χ4v) is 1.86. The summed E-state index contributed by atoms with van der Waals surface area (Å²) >= 11 is 6.12. The molecule has 0 aliphatic carbocycles. The van der Waals surface area contributed by atoms with E-state index in [9.17, 15) is 5.11 Å². The summed E-state index contributed by atoms with van der Waals surface area (Å²) in [5.41, 5.74) is 1.93. The van der Waals surface area contributed by atoms with Crippen molar-refractivity contribution in [2.75, 3.05) is 6.61 Å². The van der Waals surface area contributed by atoms with E-state index in [1.165, 1.54) is 0 Å². The second kappa shape index (κ2) is 5.66. The lowest BCUT2D eigenvalue weighted by molar-refractivity contribution is 0.210. The van der Waals surface area contributed by atoms with Gasteiger partial charge in [0.2, 0.25) is 0 Å². The molecule has 0 bridgehead atoms. The van der Waals surface area contributed by atoms with Gasteiger partial charge in [-0.3, -0.25) is 4.68 Å². The number of aryl methyl sites for hydroxylation is 2. The number of aromatic nitrogens is 2. The molecular formula is C11H20ClN3O. The lowest BCUT2D eigenvalue weighted by atomic mass is 10.1. The van der Waals surface area contributed by atoms with E-state index in [0.717, 1.165) is 11.3 Å². The Balaban J connectivity index is 2.67. The highest BCUT2D eigenvalue weighted by Crippen LogP contribution is 2.18. The van der Waals surface area contributed by atoms with Crippen LogP contribution >= 0.6 is 11.6 Å². The highest BCUT2D eigenvalue weighted by molar-refractivity contribution is 6.30. The monoisotopic (exact) mass is 245 g/mol. The second-order valence-electron chi connectivity index (χ2n) is 4.39. The van der Waals surface area contributed by atoms with Crippen molar-refractivity contribution in [3.63, 3.8) is 0 Å². The van der Waals surface area contributed by atoms with E-state index < -0.39 is 0 Å². The smallest absolute Gasteiger partial charge is 0.131 e. The van der Waals surface area contributed by atoms with Gasteiger partial charge in [0, 0.05) is 25.2 Å². The molecule has 0 fully saturated rings. The molecule has 0 radical (unpaired) electrons. The Morgan fingerprint density at radius 3 is 2.50 bits per heavy atom. The molecule has 16 heavy (non-hydrogen) atoms. The van der Waals surface area contributed by atoms with Crippen molar-refractivity contribution in [1.29, 1.82) is 0 Å². The first-order valence-electron chi connectivity index (χ1n) is 5.49. The van der Waals surface area contributed by atoms with Crippen LogP contribution in [0.2, 0.25) is 5.15 Å². The molecule has 92 valence electrons. The maximum absolute atomic E-state index is 9.20. The molecule has 2 N–H and O–H groups in total. The van der Waals surface area contributed by atoms with Gasteiger partial charge in [0.15, 0.2) is 0 Å². The van der Waals surface area contributed by atoms with Crippen LogP contribution in [0.4, 0.5) is 0 Å². The number of rotatable bonds is 5. The molecule has 0 saturated heterocycles. The van der Waals surface area contributed by atoms with E-state index in [2.05, 4.69) is 24.3 Å². The molecular weight excluding hydrogens is 226 g/mol. The average molecular weight is 246 g/mol. The fourth-order valence-electron chi connectivity index (χ4n) is 1.62. The number of hydrogen-bond acceptors (Lipinski definition) is 3. The van der Waals surface area contributed by atoms with Crippen molar-refractivity contribution >= 4 is 11.6 Å². The van der Waals surface area contributed by atoms with Crippen molar-refractivity contribution < 1.29 is 5.11 Å². The molecule has 1 unspecified atom stereocenters. The van der Waals surface area contributed by atoms with Gasteiger partial charge in [-0.1, -0.05) is 25.4 Å². The molecule has 1 heterocycles. The molecule has 1 atom stereocenters. The van der Waals surface area contributed by atoms with Crippen LogP contribution in [-0.2, 0) is 13.6 Å². The molecule has 4 nitrogen and oxygen atoms in total. The standard InChI is InChI=1S/C11H20ClN3O/c1-7(2)10(6-16)13-5-9-8(3)14-15(4)11(9)12/h7,10,13,16H,5-6H2,1-4H3.